The second kappa shape index (κ2) is 10.4. The summed E-state index contributed by atoms with van der Waals surface area (Å²) in [5.41, 5.74) is 1.45. The number of carbonyl (C=O) groups is 3. The molecule has 4 N–H and O–H groups in total. The summed E-state index contributed by atoms with van der Waals surface area (Å²) in [5, 5.41) is 14.9. The number of aromatic nitrogens is 2. The number of carboxylic acids is 1. The lowest BCUT2D eigenvalue weighted by atomic mass is 10.0. The first kappa shape index (κ1) is 23.4. The van der Waals surface area contributed by atoms with Gasteiger partial charge in [0.25, 0.3) is 11.8 Å². The van der Waals surface area contributed by atoms with E-state index in [1.54, 1.807) is 24.3 Å². The molecule has 1 atom stereocenters. The summed E-state index contributed by atoms with van der Waals surface area (Å²) in [4.78, 5) is 43.0. The highest BCUT2D eigenvalue weighted by Gasteiger charge is 2.21. The molecule has 0 saturated heterocycles. The summed E-state index contributed by atoms with van der Waals surface area (Å²) in [7, 11) is 0. The van der Waals surface area contributed by atoms with Gasteiger partial charge in [-0.3, -0.25) is 14.6 Å². The first-order valence-electron chi connectivity index (χ1n) is 9.16. The molecular weight excluding hydrogens is 475 g/mol. The molecule has 0 saturated carbocycles. The Kier molecular flexibility index (Phi) is 7.57. The van der Waals surface area contributed by atoms with Crippen LogP contribution in [-0.4, -0.2) is 38.9 Å². The van der Waals surface area contributed by atoms with Crippen LogP contribution in [0.4, 0.5) is 5.69 Å². The summed E-state index contributed by atoms with van der Waals surface area (Å²) < 4.78 is 0.358. The molecule has 0 bridgehead atoms. The minimum atomic E-state index is -1.18. The lowest BCUT2D eigenvalue weighted by Crippen LogP contribution is -2.42. The molecule has 0 aliphatic rings. The molecule has 2 amide bonds. The van der Waals surface area contributed by atoms with Crippen LogP contribution in [0, 0.1) is 4.64 Å². The first-order chi connectivity index (χ1) is 15.2. The minimum absolute atomic E-state index is 0.0387. The normalized spacial score (nSPS) is 11.4. The molecule has 11 heteroatoms. The van der Waals surface area contributed by atoms with E-state index in [4.69, 9.17) is 35.4 Å². The SMILES string of the molecule is O=C(N[C@@H](Cc1ccc(NC(=O)c2c(Cl)cncc2Cl)cc1)C(=O)O)c1cc[nH]c(=S)c1. The van der Waals surface area contributed by atoms with E-state index >= 15 is 0 Å². The Morgan fingerprint density at radius 3 is 2.31 bits per heavy atom. The summed E-state index contributed by atoms with van der Waals surface area (Å²) in [6.07, 6.45) is 4.17. The Morgan fingerprint density at radius 1 is 1.06 bits per heavy atom. The molecule has 0 aliphatic carbocycles. The van der Waals surface area contributed by atoms with Gasteiger partial charge < -0.3 is 20.7 Å². The third-order valence-corrected chi connectivity index (χ3v) is 5.18. The van der Waals surface area contributed by atoms with Crippen LogP contribution in [0.5, 0.6) is 0 Å². The van der Waals surface area contributed by atoms with Crippen molar-refractivity contribution in [2.45, 2.75) is 12.5 Å². The van der Waals surface area contributed by atoms with Gasteiger partial charge in [-0.1, -0.05) is 47.6 Å². The molecule has 3 aromatic rings. The van der Waals surface area contributed by atoms with Gasteiger partial charge in [-0.05, 0) is 29.8 Å². The van der Waals surface area contributed by atoms with E-state index in [2.05, 4.69) is 20.6 Å². The average molecular weight is 491 g/mol. The number of halogens is 2. The van der Waals surface area contributed by atoms with Crippen LogP contribution in [0.1, 0.15) is 26.3 Å². The van der Waals surface area contributed by atoms with Gasteiger partial charge in [-0.25, -0.2) is 4.79 Å². The molecular formula is C21H16Cl2N4O4S. The third-order valence-electron chi connectivity index (χ3n) is 4.37. The second-order valence-corrected chi connectivity index (χ2v) is 7.89. The molecule has 0 unspecified atom stereocenters. The number of carbonyl (C=O) groups excluding carboxylic acids is 2. The van der Waals surface area contributed by atoms with Crippen LogP contribution < -0.4 is 10.6 Å². The van der Waals surface area contributed by atoms with Gasteiger partial charge in [-0.2, -0.15) is 0 Å². The highest BCUT2D eigenvalue weighted by atomic mass is 35.5. The Hall–Kier alpha value is -3.27. The Labute approximate surface area is 197 Å². The van der Waals surface area contributed by atoms with Gasteiger partial charge >= 0.3 is 5.97 Å². The first-order valence-corrected chi connectivity index (χ1v) is 10.3. The lowest BCUT2D eigenvalue weighted by Gasteiger charge is -2.15. The number of anilines is 1. The number of aliphatic carboxylic acids is 1. The number of carboxylic acid groups (broad SMARTS) is 1. The molecule has 164 valence electrons. The van der Waals surface area contributed by atoms with E-state index in [-0.39, 0.29) is 27.6 Å². The van der Waals surface area contributed by atoms with E-state index in [0.29, 0.717) is 15.9 Å². The number of benzene rings is 1. The van der Waals surface area contributed by atoms with Crippen LogP contribution in [0.3, 0.4) is 0 Å². The summed E-state index contributed by atoms with van der Waals surface area (Å²) >= 11 is 17.0. The predicted octanol–water partition coefficient (Wildman–Crippen LogP) is 4.12. The molecule has 2 heterocycles. The molecule has 2 aromatic heterocycles. The lowest BCUT2D eigenvalue weighted by molar-refractivity contribution is -0.139. The number of nitrogens with one attached hydrogen (secondary N) is 3. The van der Waals surface area contributed by atoms with Crippen molar-refractivity contribution in [1.82, 2.24) is 15.3 Å². The van der Waals surface area contributed by atoms with Crippen LogP contribution in [0.15, 0.2) is 55.0 Å². The van der Waals surface area contributed by atoms with Gasteiger partial charge in [0.1, 0.15) is 10.7 Å². The van der Waals surface area contributed by atoms with Gasteiger partial charge in [0.2, 0.25) is 0 Å². The van der Waals surface area contributed by atoms with E-state index in [1.165, 1.54) is 30.7 Å². The zero-order valence-electron chi connectivity index (χ0n) is 16.3. The standard InChI is InChI=1S/C21H16Cl2N4O4S/c22-14-9-24-10-15(23)18(14)20(29)26-13-3-1-11(2-4-13)7-16(21(30)31)27-19(28)12-5-6-25-17(32)8-12/h1-6,8-10,16H,7H2,(H,25,32)(H,26,29)(H,27,28)(H,30,31)/t16-/m0/s1. The Balaban J connectivity index is 1.67. The quantitative estimate of drug-likeness (QED) is 0.369. The van der Waals surface area contributed by atoms with Crippen molar-refractivity contribution in [3.05, 3.63) is 86.4 Å². The van der Waals surface area contributed by atoms with Gasteiger partial charge in [0.15, 0.2) is 0 Å². The van der Waals surface area contributed by atoms with E-state index in [1.807, 2.05) is 0 Å². The fraction of sp³-hybridized carbons (Fsp3) is 0.0952. The maximum atomic E-state index is 12.4. The zero-order valence-corrected chi connectivity index (χ0v) is 18.6. The van der Waals surface area contributed by atoms with Gasteiger partial charge in [0, 0.05) is 36.3 Å². The van der Waals surface area contributed by atoms with E-state index in [9.17, 15) is 19.5 Å². The predicted molar refractivity (Wildman–Crippen MR) is 123 cm³/mol. The second-order valence-electron chi connectivity index (χ2n) is 6.64. The number of hydrogen-bond acceptors (Lipinski definition) is 5. The molecule has 1 aromatic carbocycles. The van der Waals surface area contributed by atoms with Crippen LogP contribution in [0.2, 0.25) is 10.0 Å². The fourth-order valence-electron chi connectivity index (χ4n) is 2.81. The molecule has 0 fully saturated rings. The maximum Gasteiger partial charge on any atom is 0.326 e. The largest absolute Gasteiger partial charge is 0.480 e. The topological polar surface area (TPSA) is 124 Å². The van der Waals surface area contributed by atoms with Gasteiger partial charge in [-0.15, -0.1) is 0 Å². The van der Waals surface area contributed by atoms with Crippen molar-refractivity contribution in [3.63, 3.8) is 0 Å². The Bertz CT molecular complexity index is 1210. The molecule has 0 radical (unpaired) electrons. The van der Waals surface area contributed by atoms with Crippen LogP contribution >= 0.6 is 35.4 Å². The fourth-order valence-corrected chi connectivity index (χ4v) is 3.54. The van der Waals surface area contributed by atoms with Crippen molar-refractivity contribution >= 4 is 58.9 Å². The summed E-state index contributed by atoms with van der Waals surface area (Å²) in [5.74, 6) is -2.24. The smallest absolute Gasteiger partial charge is 0.326 e. The van der Waals surface area contributed by atoms with Crippen molar-refractivity contribution in [1.29, 1.82) is 0 Å². The number of aromatic amines is 1. The van der Waals surface area contributed by atoms with Gasteiger partial charge in [0.05, 0.1) is 15.6 Å². The summed E-state index contributed by atoms with van der Waals surface area (Å²) in [6.45, 7) is 0. The zero-order chi connectivity index (χ0) is 23.3. The highest BCUT2D eigenvalue weighted by Crippen LogP contribution is 2.24. The number of rotatable bonds is 7. The Morgan fingerprint density at radius 2 is 1.72 bits per heavy atom. The van der Waals surface area contributed by atoms with E-state index in [0.717, 1.165) is 0 Å². The monoisotopic (exact) mass is 490 g/mol. The van der Waals surface area contributed by atoms with Crippen LogP contribution in [0.25, 0.3) is 0 Å². The highest BCUT2D eigenvalue weighted by molar-refractivity contribution is 7.71. The number of nitrogens with zero attached hydrogens (tertiary/aromatic N) is 1. The number of pyridine rings is 2. The molecule has 8 nitrogen and oxygen atoms in total. The molecule has 32 heavy (non-hydrogen) atoms. The molecule has 0 aliphatic heterocycles. The molecule has 0 spiro atoms. The third kappa shape index (κ3) is 5.91. The number of amides is 2. The minimum Gasteiger partial charge on any atom is -0.480 e. The average Bonchev–Trinajstić information content (AvgIpc) is 2.74. The summed E-state index contributed by atoms with van der Waals surface area (Å²) in [6, 6.07) is 8.29. The number of hydrogen-bond donors (Lipinski definition) is 4. The maximum absolute atomic E-state index is 12.4. The van der Waals surface area contributed by atoms with Crippen molar-refractivity contribution in [3.8, 4) is 0 Å². The van der Waals surface area contributed by atoms with Crippen LogP contribution in [-0.2, 0) is 11.2 Å². The van der Waals surface area contributed by atoms with E-state index < -0.39 is 23.8 Å². The molecule has 3 rings (SSSR count). The number of H-pyrrole nitrogens is 1. The van der Waals surface area contributed by atoms with Crippen molar-refractivity contribution in [2.24, 2.45) is 0 Å². The van der Waals surface area contributed by atoms with Crippen molar-refractivity contribution in [2.75, 3.05) is 5.32 Å². The van der Waals surface area contributed by atoms with Crippen molar-refractivity contribution < 1.29 is 19.5 Å².